The number of rotatable bonds is 7. The van der Waals surface area contributed by atoms with Crippen molar-refractivity contribution in [2.75, 3.05) is 31.7 Å². The van der Waals surface area contributed by atoms with Gasteiger partial charge in [-0.05, 0) is 37.8 Å². The maximum atomic E-state index is 5.83. The largest absolute Gasteiger partial charge is 0.384 e. The molecule has 1 unspecified atom stereocenters. The van der Waals surface area contributed by atoms with Crippen LogP contribution in [-0.4, -0.2) is 37.5 Å². The molecule has 124 valence electrons. The molecule has 1 aliphatic rings. The summed E-state index contributed by atoms with van der Waals surface area (Å²) in [5.74, 6) is 0. The molecular formula is C19H26N2O2. The van der Waals surface area contributed by atoms with E-state index in [9.17, 15) is 0 Å². The average Bonchev–Trinajstić information content (AvgIpc) is 3.07. The Bertz CT molecular complexity index is 651. The fourth-order valence-electron chi connectivity index (χ4n) is 3.19. The van der Waals surface area contributed by atoms with Crippen LogP contribution in [0.25, 0.3) is 10.9 Å². The number of aromatic nitrogens is 1. The summed E-state index contributed by atoms with van der Waals surface area (Å²) in [6.07, 6.45) is 3.31. The highest BCUT2D eigenvalue weighted by Gasteiger charge is 2.15. The summed E-state index contributed by atoms with van der Waals surface area (Å²) in [7, 11) is 0. The summed E-state index contributed by atoms with van der Waals surface area (Å²) in [5.41, 5.74) is 4.73. The number of pyridine rings is 1. The van der Waals surface area contributed by atoms with Crippen molar-refractivity contribution in [3.63, 3.8) is 0 Å². The summed E-state index contributed by atoms with van der Waals surface area (Å²) in [6, 6.07) is 8.35. The highest BCUT2D eigenvalue weighted by molar-refractivity contribution is 5.93. The van der Waals surface area contributed by atoms with E-state index >= 15 is 0 Å². The average molecular weight is 314 g/mol. The fourth-order valence-corrected chi connectivity index (χ4v) is 3.19. The Morgan fingerprint density at radius 3 is 3.00 bits per heavy atom. The Kier molecular flexibility index (Phi) is 5.47. The molecule has 0 saturated carbocycles. The van der Waals surface area contributed by atoms with E-state index < -0.39 is 0 Å². The third-order valence-electron chi connectivity index (χ3n) is 4.42. The Labute approximate surface area is 138 Å². The molecule has 1 N–H and O–H groups in total. The molecule has 23 heavy (non-hydrogen) atoms. The Morgan fingerprint density at radius 1 is 1.35 bits per heavy atom. The molecular weight excluding hydrogens is 288 g/mol. The summed E-state index contributed by atoms with van der Waals surface area (Å²) in [4.78, 5) is 4.73. The van der Waals surface area contributed by atoms with E-state index in [1.54, 1.807) is 0 Å². The van der Waals surface area contributed by atoms with Crippen molar-refractivity contribution < 1.29 is 9.47 Å². The van der Waals surface area contributed by atoms with Gasteiger partial charge in [-0.25, -0.2) is 0 Å². The van der Waals surface area contributed by atoms with Crippen LogP contribution < -0.4 is 5.32 Å². The van der Waals surface area contributed by atoms with E-state index in [4.69, 9.17) is 14.5 Å². The maximum Gasteiger partial charge on any atom is 0.0830 e. The molecule has 0 spiro atoms. The molecule has 1 aromatic heterocycles. The second-order valence-electron chi connectivity index (χ2n) is 6.06. The first-order valence-electron chi connectivity index (χ1n) is 8.61. The monoisotopic (exact) mass is 314 g/mol. The van der Waals surface area contributed by atoms with Crippen molar-refractivity contribution in [3.05, 3.63) is 35.5 Å². The van der Waals surface area contributed by atoms with Gasteiger partial charge in [-0.15, -0.1) is 0 Å². The standard InChI is InChI=1S/C19H26N2O2/c1-3-16-14(2)21-18-8-5-4-7-17(18)19(16)20-10-6-11-23-15-9-12-22-13-15/h4-5,7-8,15H,3,6,9-13H2,1-2H3,(H,20,21). The Balaban J connectivity index is 1.64. The molecule has 3 rings (SSSR count). The zero-order valence-corrected chi connectivity index (χ0v) is 14.1. The second-order valence-corrected chi connectivity index (χ2v) is 6.06. The van der Waals surface area contributed by atoms with E-state index in [1.165, 1.54) is 16.6 Å². The number of ether oxygens (including phenoxy) is 2. The first-order valence-corrected chi connectivity index (χ1v) is 8.61. The van der Waals surface area contributed by atoms with Gasteiger partial charge in [-0.3, -0.25) is 4.98 Å². The van der Waals surface area contributed by atoms with Gasteiger partial charge in [0.25, 0.3) is 0 Å². The van der Waals surface area contributed by atoms with Crippen molar-refractivity contribution in [2.45, 2.75) is 39.2 Å². The van der Waals surface area contributed by atoms with Gasteiger partial charge in [0.1, 0.15) is 0 Å². The summed E-state index contributed by atoms with van der Waals surface area (Å²) >= 11 is 0. The van der Waals surface area contributed by atoms with Gasteiger partial charge in [0.05, 0.1) is 18.2 Å². The fraction of sp³-hybridized carbons (Fsp3) is 0.526. The van der Waals surface area contributed by atoms with E-state index in [0.29, 0.717) is 6.10 Å². The van der Waals surface area contributed by atoms with Crippen LogP contribution in [-0.2, 0) is 15.9 Å². The lowest BCUT2D eigenvalue weighted by Crippen LogP contribution is -2.15. The Morgan fingerprint density at radius 2 is 2.22 bits per heavy atom. The lowest BCUT2D eigenvalue weighted by atomic mass is 10.0. The molecule has 1 aliphatic heterocycles. The molecule has 0 aliphatic carbocycles. The van der Waals surface area contributed by atoms with Crippen molar-refractivity contribution in [2.24, 2.45) is 0 Å². The number of nitrogens with one attached hydrogen (secondary N) is 1. The van der Waals surface area contributed by atoms with Gasteiger partial charge in [0.2, 0.25) is 0 Å². The predicted octanol–water partition coefficient (Wildman–Crippen LogP) is 3.71. The van der Waals surface area contributed by atoms with Crippen LogP contribution in [0.15, 0.2) is 24.3 Å². The van der Waals surface area contributed by atoms with Crippen LogP contribution in [0.4, 0.5) is 5.69 Å². The predicted molar refractivity (Wildman–Crippen MR) is 94.1 cm³/mol. The number of benzene rings is 1. The van der Waals surface area contributed by atoms with E-state index in [2.05, 4.69) is 37.4 Å². The number of aryl methyl sites for hydroxylation is 1. The molecule has 4 nitrogen and oxygen atoms in total. The molecule has 1 fully saturated rings. The van der Waals surface area contributed by atoms with Gasteiger partial charge < -0.3 is 14.8 Å². The lowest BCUT2D eigenvalue weighted by molar-refractivity contribution is 0.0427. The lowest BCUT2D eigenvalue weighted by Gasteiger charge is -2.16. The highest BCUT2D eigenvalue weighted by Crippen LogP contribution is 2.28. The zero-order valence-electron chi connectivity index (χ0n) is 14.1. The molecule has 1 saturated heterocycles. The van der Waals surface area contributed by atoms with Gasteiger partial charge in [-0.2, -0.15) is 0 Å². The maximum absolute atomic E-state index is 5.83. The number of anilines is 1. The molecule has 0 radical (unpaired) electrons. The normalized spacial score (nSPS) is 17.7. The van der Waals surface area contributed by atoms with Gasteiger partial charge in [0, 0.05) is 36.5 Å². The molecule has 2 heterocycles. The van der Waals surface area contributed by atoms with Gasteiger partial charge in [0.15, 0.2) is 0 Å². The van der Waals surface area contributed by atoms with Crippen LogP contribution in [0.2, 0.25) is 0 Å². The number of hydrogen-bond donors (Lipinski definition) is 1. The molecule has 0 amide bonds. The quantitative estimate of drug-likeness (QED) is 0.791. The number of fused-ring (bicyclic) bond motifs is 1. The van der Waals surface area contributed by atoms with Gasteiger partial charge >= 0.3 is 0 Å². The minimum atomic E-state index is 0.296. The highest BCUT2D eigenvalue weighted by atomic mass is 16.5. The van der Waals surface area contributed by atoms with E-state index in [1.807, 2.05) is 6.07 Å². The van der Waals surface area contributed by atoms with E-state index in [0.717, 1.165) is 56.8 Å². The number of hydrogen-bond acceptors (Lipinski definition) is 4. The zero-order chi connectivity index (χ0) is 16.1. The van der Waals surface area contributed by atoms with Crippen LogP contribution >= 0.6 is 0 Å². The number of nitrogens with zero attached hydrogens (tertiary/aromatic N) is 1. The summed E-state index contributed by atoms with van der Waals surface area (Å²) in [6.45, 7) is 7.57. The molecule has 1 atom stereocenters. The summed E-state index contributed by atoms with van der Waals surface area (Å²) in [5, 5.41) is 4.83. The molecule has 1 aromatic carbocycles. The molecule has 0 bridgehead atoms. The third kappa shape index (κ3) is 3.82. The number of para-hydroxylation sites is 1. The molecule has 2 aromatic rings. The Hall–Kier alpha value is -1.65. The van der Waals surface area contributed by atoms with E-state index in [-0.39, 0.29) is 0 Å². The second kappa shape index (κ2) is 7.75. The van der Waals surface area contributed by atoms with Crippen molar-refractivity contribution in [3.8, 4) is 0 Å². The molecule has 4 heteroatoms. The smallest absolute Gasteiger partial charge is 0.0830 e. The van der Waals surface area contributed by atoms with Gasteiger partial charge in [-0.1, -0.05) is 25.1 Å². The van der Waals surface area contributed by atoms with Crippen LogP contribution in [0.1, 0.15) is 31.0 Å². The first kappa shape index (κ1) is 16.2. The SMILES string of the molecule is CCc1c(C)nc2ccccc2c1NCCCOC1CCOC1. The first-order chi connectivity index (χ1) is 11.3. The summed E-state index contributed by atoms with van der Waals surface area (Å²) < 4.78 is 11.2. The van der Waals surface area contributed by atoms with Crippen LogP contribution in [0.3, 0.4) is 0 Å². The minimum absolute atomic E-state index is 0.296. The van der Waals surface area contributed by atoms with Crippen molar-refractivity contribution >= 4 is 16.6 Å². The third-order valence-corrected chi connectivity index (χ3v) is 4.42. The van der Waals surface area contributed by atoms with Crippen molar-refractivity contribution in [1.29, 1.82) is 0 Å². The van der Waals surface area contributed by atoms with Crippen LogP contribution in [0.5, 0.6) is 0 Å². The van der Waals surface area contributed by atoms with Crippen molar-refractivity contribution in [1.82, 2.24) is 4.98 Å². The topological polar surface area (TPSA) is 43.4 Å². The van der Waals surface area contributed by atoms with Crippen LogP contribution in [0, 0.1) is 6.92 Å². The minimum Gasteiger partial charge on any atom is -0.384 e.